The fourth-order valence-electron chi connectivity index (χ4n) is 1.47. The number of alkyl halides is 1. The van der Waals surface area contributed by atoms with Gasteiger partial charge < -0.3 is 9.47 Å². The van der Waals surface area contributed by atoms with Crippen LogP contribution in [0.25, 0.3) is 0 Å². The van der Waals surface area contributed by atoms with Crippen LogP contribution in [0.1, 0.15) is 32.1 Å². The van der Waals surface area contributed by atoms with Gasteiger partial charge in [0.25, 0.3) is 0 Å². The molecule has 0 aromatic heterocycles. The van der Waals surface area contributed by atoms with Crippen molar-refractivity contribution in [3.8, 4) is 0 Å². The molecule has 0 atom stereocenters. The van der Waals surface area contributed by atoms with E-state index in [2.05, 4.69) is 15.9 Å². The fraction of sp³-hybridized carbons (Fsp3) is 1.00. The van der Waals surface area contributed by atoms with Crippen molar-refractivity contribution in [2.45, 2.75) is 38.2 Å². The number of rotatable bonds is 6. The van der Waals surface area contributed by atoms with Crippen LogP contribution in [0.5, 0.6) is 0 Å². The normalized spacial score (nSPS) is 19.2. The Hall–Kier alpha value is 0.400. The van der Waals surface area contributed by atoms with Crippen molar-refractivity contribution in [3.63, 3.8) is 0 Å². The van der Waals surface area contributed by atoms with E-state index in [0.717, 1.165) is 38.0 Å². The van der Waals surface area contributed by atoms with Crippen LogP contribution in [0, 0.1) is 0 Å². The van der Waals surface area contributed by atoms with Gasteiger partial charge in [0.1, 0.15) is 0 Å². The standard InChI is InChI=1S/C10H19BrO2/c11-6-2-1-3-7-13-10-4-8-12-9-5-10/h10H,1-9H2. The van der Waals surface area contributed by atoms with Crippen molar-refractivity contribution >= 4 is 15.9 Å². The second-order valence-electron chi connectivity index (χ2n) is 3.43. The molecule has 0 radical (unpaired) electrons. The number of hydrogen-bond donors (Lipinski definition) is 0. The zero-order valence-electron chi connectivity index (χ0n) is 8.14. The van der Waals surface area contributed by atoms with Gasteiger partial charge in [-0.2, -0.15) is 0 Å². The monoisotopic (exact) mass is 250 g/mol. The summed E-state index contributed by atoms with van der Waals surface area (Å²) in [5, 5.41) is 1.12. The summed E-state index contributed by atoms with van der Waals surface area (Å²) in [5.41, 5.74) is 0. The van der Waals surface area contributed by atoms with Crippen LogP contribution in [-0.2, 0) is 9.47 Å². The van der Waals surface area contributed by atoms with Gasteiger partial charge in [-0.15, -0.1) is 0 Å². The highest BCUT2D eigenvalue weighted by molar-refractivity contribution is 9.09. The van der Waals surface area contributed by atoms with Crippen molar-refractivity contribution in [3.05, 3.63) is 0 Å². The predicted octanol–water partition coefficient (Wildman–Crippen LogP) is 2.75. The van der Waals surface area contributed by atoms with Crippen LogP contribution in [0.2, 0.25) is 0 Å². The molecule has 0 saturated carbocycles. The smallest absolute Gasteiger partial charge is 0.0619 e. The first kappa shape index (κ1) is 11.5. The molecule has 13 heavy (non-hydrogen) atoms. The molecule has 1 rings (SSSR count). The van der Waals surface area contributed by atoms with Gasteiger partial charge >= 0.3 is 0 Å². The van der Waals surface area contributed by atoms with Crippen LogP contribution in [0.4, 0.5) is 0 Å². The summed E-state index contributed by atoms with van der Waals surface area (Å²) >= 11 is 3.42. The highest BCUT2D eigenvalue weighted by atomic mass is 79.9. The molecule has 0 unspecified atom stereocenters. The van der Waals surface area contributed by atoms with Crippen LogP contribution >= 0.6 is 15.9 Å². The largest absolute Gasteiger partial charge is 0.381 e. The Morgan fingerprint density at radius 1 is 1.15 bits per heavy atom. The Morgan fingerprint density at radius 3 is 2.62 bits per heavy atom. The van der Waals surface area contributed by atoms with E-state index in [0.29, 0.717) is 6.10 Å². The highest BCUT2D eigenvalue weighted by Crippen LogP contribution is 2.11. The summed E-state index contributed by atoms with van der Waals surface area (Å²) in [6.07, 6.45) is 6.36. The maximum Gasteiger partial charge on any atom is 0.0619 e. The number of unbranched alkanes of at least 4 members (excludes halogenated alkanes) is 2. The lowest BCUT2D eigenvalue weighted by atomic mass is 10.1. The van der Waals surface area contributed by atoms with Crippen molar-refractivity contribution in [1.29, 1.82) is 0 Å². The summed E-state index contributed by atoms with van der Waals surface area (Å²) < 4.78 is 11.0. The lowest BCUT2D eigenvalue weighted by molar-refractivity contribution is -0.0326. The molecule has 1 fully saturated rings. The van der Waals surface area contributed by atoms with Crippen molar-refractivity contribution in [1.82, 2.24) is 0 Å². The van der Waals surface area contributed by atoms with Gasteiger partial charge in [0, 0.05) is 25.2 Å². The molecule has 1 aliphatic heterocycles. The summed E-state index contributed by atoms with van der Waals surface area (Å²) in [6.45, 7) is 2.69. The van der Waals surface area contributed by atoms with E-state index in [4.69, 9.17) is 9.47 Å². The highest BCUT2D eigenvalue weighted by Gasteiger charge is 2.13. The van der Waals surface area contributed by atoms with E-state index in [1.165, 1.54) is 19.3 Å². The van der Waals surface area contributed by atoms with E-state index in [1.54, 1.807) is 0 Å². The Balaban J connectivity index is 1.86. The van der Waals surface area contributed by atoms with E-state index in [-0.39, 0.29) is 0 Å². The van der Waals surface area contributed by atoms with Crippen LogP contribution < -0.4 is 0 Å². The molecule has 2 nitrogen and oxygen atoms in total. The Kier molecular flexibility index (Phi) is 6.86. The molecule has 1 saturated heterocycles. The molecule has 1 aliphatic rings. The molecule has 0 spiro atoms. The average Bonchev–Trinajstić information content (AvgIpc) is 2.19. The zero-order valence-corrected chi connectivity index (χ0v) is 9.72. The van der Waals surface area contributed by atoms with Crippen molar-refractivity contribution < 1.29 is 9.47 Å². The summed E-state index contributed by atoms with van der Waals surface area (Å²) in [5.74, 6) is 0. The first-order valence-corrected chi connectivity index (χ1v) is 6.31. The van der Waals surface area contributed by atoms with Gasteiger partial charge in [-0.25, -0.2) is 0 Å². The second kappa shape index (κ2) is 7.77. The topological polar surface area (TPSA) is 18.5 Å². The number of halogens is 1. The third kappa shape index (κ3) is 5.66. The van der Waals surface area contributed by atoms with E-state index < -0.39 is 0 Å². The molecule has 0 bridgehead atoms. The minimum absolute atomic E-state index is 0.470. The summed E-state index contributed by atoms with van der Waals surface area (Å²) in [7, 11) is 0. The number of hydrogen-bond acceptors (Lipinski definition) is 2. The molecule has 0 N–H and O–H groups in total. The zero-order chi connectivity index (χ0) is 9.36. The Morgan fingerprint density at radius 2 is 1.92 bits per heavy atom. The third-order valence-corrected chi connectivity index (χ3v) is 2.86. The van der Waals surface area contributed by atoms with Gasteiger partial charge in [0.2, 0.25) is 0 Å². The quantitative estimate of drug-likeness (QED) is 0.533. The molecular formula is C10H19BrO2. The molecule has 0 aromatic rings. The summed E-state index contributed by atoms with van der Waals surface area (Å²) in [4.78, 5) is 0. The summed E-state index contributed by atoms with van der Waals surface area (Å²) in [6, 6.07) is 0. The van der Waals surface area contributed by atoms with Gasteiger partial charge in [-0.05, 0) is 25.7 Å². The minimum atomic E-state index is 0.470. The first-order chi connectivity index (χ1) is 6.43. The molecule has 78 valence electrons. The van der Waals surface area contributed by atoms with Crippen LogP contribution in [-0.4, -0.2) is 31.3 Å². The lowest BCUT2D eigenvalue weighted by Gasteiger charge is -2.22. The lowest BCUT2D eigenvalue weighted by Crippen LogP contribution is -2.23. The minimum Gasteiger partial charge on any atom is -0.381 e. The Labute approximate surface area is 89.1 Å². The number of ether oxygens (including phenoxy) is 2. The maximum absolute atomic E-state index is 5.73. The molecule has 0 amide bonds. The first-order valence-electron chi connectivity index (χ1n) is 5.19. The third-order valence-electron chi connectivity index (χ3n) is 2.30. The molecular weight excluding hydrogens is 232 g/mol. The van der Waals surface area contributed by atoms with Crippen molar-refractivity contribution in [2.24, 2.45) is 0 Å². The van der Waals surface area contributed by atoms with Crippen LogP contribution in [0.15, 0.2) is 0 Å². The SMILES string of the molecule is BrCCCCCOC1CCOCC1. The maximum atomic E-state index is 5.73. The predicted molar refractivity (Wildman–Crippen MR) is 57.4 cm³/mol. The molecule has 3 heteroatoms. The van der Waals surface area contributed by atoms with Gasteiger partial charge in [-0.1, -0.05) is 22.4 Å². The second-order valence-corrected chi connectivity index (χ2v) is 4.23. The molecule has 0 aromatic carbocycles. The van der Waals surface area contributed by atoms with E-state index in [1.807, 2.05) is 0 Å². The van der Waals surface area contributed by atoms with Crippen LogP contribution in [0.3, 0.4) is 0 Å². The van der Waals surface area contributed by atoms with Crippen molar-refractivity contribution in [2.75, 3.05) is 25.2 Å². The fourth-order valence-corrected chi connectivity index (χ4v) is 1.86. The molecule has 1 heterocycles. The van der Waals surface area contributed by atoms with Gasteiger partial charge in [0.05, 0.1) is 6.10 Å². The van der Waals surface area contributed by atoms with Gasteiger partial charge in [-0.3, -0.25) is 0 Å². The Bertz CT molecular complexity index is 113. The van der Waals surface area contributed by atoms with Gasteiger partial charge in [0.15, 0.2) is 0 Å². The van der Waals surface area contributed by atoms with E-state index in [9.17, 15) is 0 Å². The van der Waals surface area contributed by atoms with E-state index >= 15 is 0 Å². The molecule has 0 aliphatic carbocycles. The average molecular weight is 251 g/mol.